The molecule has 0 aromatic rings. The van der Waals surface area contributed by atoms with Crippen molar-refractivity contribution in [3.05, 3.63) is 55.0 Å². The Morgan fingerprint density at radius 1 is 0.875 bits per heavy atom. The van der Waals surface area contributed by atoms with Crippen LogP contribution in [0.3, 0.4) is 0 Å². The topological polar surface area (TPSA) is 20.2 Å². The molecule has 0 aliphatic heterocycles. The van der Waals surface area contributed by atoms with E-state index in [2.05, 4.69) is 50.3 Å². The Labute approximate surface area is 119 Å². The maximum absolute atomic E-state index is 7.00. The molecule has 90 valence electrons. The van der Waals surface area contributed by atoms with E-state index in [1.807, 2.05) is 0 Å². The molecule has 2 heteroatoms. The zero-order chi connectivity index (χ0) is 10.8. The zero-order valence-corrected chi connectivity index (χ0v) is 14.4. The molecule has 0 saturated carbocycles. The fraction of sp³-hybridized carbons (Fsp3) is 0.357. The molecule has 0 aromatic carbocycles. The van der Waals surface area contributed by atoms with Gasteiger partial charge in [-0.2, -0.15) is 0 Å². The van der Waals surface area contributed by atoms with Crippen LogP contribution >= 0.6 is 0 Å². The maximum Gasteiger partial charge on any atom is 0.0319 e. The Hall–Kier alpha value is -0.210. The maximum atomic E-state index is 7.00. The van der Waals surface area contributed by atoms with Gasteiger partial charge in [0.05, 0.1) is 0 Å². The van der Waals surface area contributed by atoms with Gasteiger partial charge in [-0.15, -0.1) is 0 Å². The summed E-state index contributed by atoms with van der Waals surface area (Å²) in [4.78, 5) is 0. The Balaban J connectivity index is -0.000000165. The molecule has 0 radical (unpaired) electrons. The van der Waals surface area contributed by atoms with Crippen molar-refractivity contribution in [2.75, 3.05) is 7.11 Å². The van der Waals surface area contributed by atoms with E-state index >= 15 is 0 Å². The van der Waals surface area contributed by atoms with Crippen LogP contribution in [0.5, 0.6) is 0 Å². The van der Waals surface area contributed by atoms with Gasteiger partial charge in [-0.05, 0) is 26.7 Å². The summed E-state index contributed by atoms with van der Waals surface area (Å²) in [7, 11) is 1.00. The van der Waals surface area contributed by atoms with Crippen LogP contribution in [0.2, 0.25) is 0 Å². The van der Waals surface area contributed by atoms with Crippen LogP contribution in [0.1, 0.15) is 26.7 Å². The van der Waals surface area contributed by atoms with Gasteiger partial charge in [0.25, 0.3) is 0 Å². The number of hydrogen-bond donors (Lipinski definition) is 1. The standard InChI is InChI=1S/2C6H8.CH4O.CH3.Hf/c2*1-6-4-2-3-5-6;1-2;;/h2*2-4H,5H2,1H3;2H,1H3;1H3;/q;;;-1;. The van der Waals surface area contributed by atoms with E-state index in [0.29, 0.717) is 0 Å². The molecule has 0 heterocycles. The molecule has 2 aliphatic carbocycles. The van der Waals surface area contributed by atoms with Gasteiger partial charge in [-0.25, -0.2) is 0 Å². The largest absolute Gasteiger partial charge is 0.400 e. The summed E-state index contributed by atoms with van der Waals surface area (Å²) in [5.41, 5.74) is 2.94. The van der Waals surface area contributed by atoms with Crippen LogP contribution in [-0.2, 0) is 25.8 Å². The minimum absolute atomic E-state index is 0. The minimum atomic E-state index is 0. The van der Waals surface area contributed by atoms with Crippen LogP contribution in [0.4, 0.5) is 0 Å². The van der Waals surface area contributed by atoms with Crippen molar-refractivity contribution in [1.29, 1.82) is 0 Å². The fourth-order valence-corrected chi connectivity index (χ4v) is 1.11. The predicted molar refractivity (Wildman–Crippen MR) is 69.6 cm³/mol. The first-order valence-corrected chi connectivity index (χ1v) is 4.88. The van der Waals surface area contributed by atoms with Crippen LogP contribution in [0.15, 0.2) is 47.6 Å². The first-order valence-electron chi connectivity index (χ1n) is 4.88. The number of aliphatic hydroxyl groups excluding tert-OH is 1. The molecule has 2 aliphatic rings. The van der Waals surface area contributed by atoms with Gasteiger partial charge in [0.1, 0.15) is 0 Å². The van der Waals surface area contributed by atoms with Crippen molar-refractivity contribution in [3.8, 4) is 0 Å². The number of rotatable bonds is 0. The molecule has 0 saturated heterocycles. The first-order chi connectivity index (χ1) is 6.79. The van der Waals surface area contributed by atoms with E-state index in [9.17, 15) is 0 Å². The zero-order valence-electron chi connectivity index (χ0n) is 10.8. The van der Waals surface area contributed by atoms with E-state index in [0.717, 1.165) is 7.11 Å². The fourth-order valence-electron chi connectivity index (χ4n) is 1.11. The van der Waals surface area contributed by atoms with Crippen molar-refractivity contribution in [2.24, 2.45) is 0 Å². The minimum Gasteiger partial charge on any atom is -0.400 e. The normalized spacial score (nSPS) is 14.2. The Morgan fingerprint density at radius 2 is 1.19 bits per heavy atom. The van der Waals surface area contributed by atoms with Gasteiger partial charge in [0, 0.05) is 33.0 Å². The monoisotopic (exact) mass is 387 g/mol. The summed E-state index contributed by atoms with van der Waals surface area (Å²) in [6.07, 6.45) is 15.1. The van der Waals surface area contributed by atoms with E-state index in [1.54, 1.807) is 0 Å². The van der Waals surface area contributed by atoms with Gasteiger partial charge in [-0.1, -0.05) is 47.6 Å². The summed E-state index contributed by atoms with van der Waals surface area (Å²) < 4.78 is 0. The van der Waals surface area contributed by atoms with E-state index in [4.69, 9.17) is 5.11 Å². The average Bonchev–Trinajstić information content (AvgIpc) is 2.83. The van der Waals surface area contributed by atoms with Gasteiger partial charge >= 0.3 is 0 Å². The van der Waals surface area contributed by atoms with Crippen LogP contribution < -0.4 is 0 Å². The number of aliphatic hydroxyl groups is 1. The smallest absolute Gasteiger partial charge is 0.0319 e. The molecule has 0 spiro atoms. The van der Waals surface area contributed by atoms with E-state index in [-0.39, 0.29) is 33.3 Å². The molecule has 16 heavy (non-hydrogen) atoms. The second-order valence-corrected chi connectivity index (χ2v) is 3.29. The quantitative estimate of drug-likeness (QED) is 0.496. The van der Waals surface area contributed by atoms with Crippen molar-refractivity contribution in [3.63, 3.8) is 0 Å². The van der Waals surface area contributed by atoms with Crippen LogP contribution in [-0.4, -0.2) is 12.2 Å². The van der Waals surface area contributed by atoms with E-state index < -0.39 is 0 Å². The molecule has 0 bridgehead atoms. The molecule has 1 nitrogen and oxygen atoms in total. The van der Waals surface area contributed by atoms with Crippen molar-refractivity contribution in [1.82, 2.24) is 0 Å². The summed E-state index contributed by atoms with van der Waals surface area (Å²) in [6, 6.07) is 0. The molecule has 0 unspecified atom stereocenters. The second kappa shape index (κ2) is 14.8. The van der Waals surface area contributed by atoms with Crippen molar-refractivity contribution in [2.45, 2.75) is 26.7 Å². The first kappa shape index (κ1) is 21.1. The molecule has 0 aromatic heterocycles. The van der Waals surface area contributed by atoms with E-state index in [1.165, 1.54) is 24.0 Å². The van der Waals surface area contributed by atoms with Crippen LogP contribution in [0.25, 0.3) is 0 Å². The Bertz CT molecular complexity index is 232. The second-order valence-electron chi connectivity index (χ2n) is 3.29. The van der Waals surface area contributed by atoms with Crippen molar-refractivity contribution >= 4 is 0 Å². The average molecular weight is 386 g/mol. The molecular formula is C14H23HfO-. The Kier molecular flexibility index (Phi) is 19.5. The summed E-state index contributed by atoms with van der Waals surface area (Å²) >= 11 is 0. The van der Waals surface area contributed by atoms with Crippen molar-refractivity contribution < 1.29 is 30.9 Å². The third-order valence-electron chi connectivity index (χ3n) is 1.91. The van der Waals surface area contributed by atoms with Gasteiger partial charge in [0.15, 0.2) is 0 Å². The summed E-state index contributed by atoms with van der Waals surface area (Å²) in [6.45, 7) is 4.28. The van der Waals surface area contributed by atoms with Crippen LogP contribution in [0, 0.1) is 7.43 Å². The van der Waals surface area contributed by atoms with Gasteiger partial charge in [0.2, 0.25) is 0 Å². The number of hydrogen-bond acceptors (Lipinski definition) is 1. The molecule has 0 amide bonds. The molecule has 2 rings (SSSR count). The van der Waals surface area contributed by atoms with Gasteiger partial charge in [-0.3, -0.25) is 0 Å². The number of allylic oxidation sites excluding steroid dienone is 8. The van der Waals surface area contributed by atoms with Gasteiger partial charge < -0.3 is 12.5 Å². The third-order valence-corrected chi connectivity index (χ3v) is 1.91. The predicted octanol–water partition coefficient (Wildman–Crippen LogP) is 3.84. The Morgan fingerprint density at radius 3 is 1.25 bits per heavy atom. The molecule has 0 fully saturated rings. The molecule has 0 atom stereocenters. The molecule has 1 N–H and O–H groups in total. The molecular weight excluding hydrogens is 363 g/mol. The third kappa shape index (κ3) is 11.9. The summed E-state index contributed by atoms with van der Waals surface area (Å²) in [5.74, 6) is 0. The SMILES string of the molecule is CC1=CC=CC1.CC1=CC=CC1.CO.[CH3-].[Hf]. The summed E-state index contributed by atoms with van der Waals surface area (Å²) in [5, 5.41) is 7.00.